The Balaban J connectivity index is 2.34. The summed E-state index contributed by atoms with van der Waals surface area (Å²) in [5, 5.41) is 8.58. The molecule has 0 radical (unpaired) electrons. The number of urea groups is 1. The van der Waals surface area contributed by atoms with E-state index in [-0.39, 0.29) is 25.2 Å². The van der Waals surface area contributed by atoms with Gasteiger partial charge in [0.15, 0.2) is 0 Å². The lowest BCUT2D eigenvalue weighted by molar-refractivity contribution is -0.138. The van der Waals surface area contributed by atoms with Crippen LogP contribution in [0.4, 0.5) is 4.79 Å². The number of carbonyl (C=O) groups is 2. The highest BCUT2D eigenvalue weighted by Gasteiger charge is 2.27. The smallest absolute Gasteiger partial charge is 0.319 e. The molecule has 122 valence electrons. The monoisotopic (exact) mass is 300 g/mol. The summed E-state index contributed by atoms with van der Waals surface area (Å²) in [6.45, 7) is 5.81. The van der Waals surface area contributed by atoms with Crippen LogP contribution in [0, 0.1) is 0 Å². The molecule has 0 aromatic carbocycles. The second kappa shape index (κ2) is 8.87. The van der Waals surface area contributed by atoms with Crippen LogP contribution in [0.3, 0.4) is 0 Å². The lowest BCUT2D eigenvalue weighted by Crippen LogP contribution is -2.49. The first kappa shape index (κ1) is 17.8. The van der Waals surface area contributed by atoms with Gasteiger partial charge in [-0.05, 0) is 25.7 Å². The third kappa shape index (κ3) is 5.53. The van der Waals surface area contributed by atoms with Crippen molar-refractivity contribution in [3.05, 3.63) is 0 Å². The number of carboxylic acids is 1. The average molecular weight is 300 g/mol. The van der Waals surface area contributed by atoms with Crippen molar-refractivity contribution in [3.8, 4) is 0 Å². The summed E-state index contributed by atoms with van der Waals surface area (Å²) in [7, 11) is 1.87. The van der Waals surface area contributed by atoms with Gasteiger partial charge in [-0.1, -0.05) is 13.8 Å². The number of hydrogen-bond donors (Lipinski definition) is 1. The van der Waals surface area contributed by atoms with E-state index in [9.17, 15) is 9.59 Å². The number of ether oxygens (including phenoxy) is 1. The van der Waals surface area contributed by atoms with Gasteiger partial charge in [-0.3, -0.25) is 4.79 Å². The summed E-state index contributed by atoms with van der Waals surface area (Å²) in [6, 6.07) is 0.384. The van der Waals surface area contributed by atoms with Crippen LogP contribution < -0.4 is 0 Å². The lowest BCUT2D eigenvalue weighted by atomic mass is 10.1. The van der Waals surface area contributed by atoms with Gasteiger partial charge in [0.2, 0.25) is 0 Å². The van der Waals surface area contributed by atoms with E-state index in [1.807, 2.05) is 16.8 Å². The van der Waals surface area contributed by atoms with Crippen molar-refractivity contribution >= 4 is 12.0 Å². The lowest BCUT2D eigenvalue weighted by Gasteiger charge is -2.36. The Labute approximate surface area is 127 Å². The first-order valence-corrected chi connectivity index (χ1v) is 7.84. The van der Waals surface area contributed by atoms with Crippen molar-refractivity contribution in [1.29, 1.82) is 0 Å². The van der Waals surface area contributed by atoms with Crippen molar-refractivity contribution in [2.45, 2.75) is 58.1 Å². The van der Waals surface area contributed by atoms with Gasteiger partial charge in [0.1, 0.15) is 0 Å². The number of aliphatic carboxylic acids is 1. The van der Waals surface area contributed by atoms with Crippen LogP contribution in [0.5, 0.6) is 0 Å². The molecule has 2 amide bonds. The number of carboxylic acid groups (broad SMARTS) is 1. The summed E-state index contributed by atoms with van der Waals surface area (Å²) in [5.41, 5.74) is 0. The molecule has 0 saturated carbocycles. The van der Waals surface area contributed by atoms with E-state index in [1.54, 1.807) is 0 Å². The highest BCUT2D eigenvalue weighted by Crippen LogP contribution is 2.17. The van der Waals surface area contributed by atoms with Crippen molar-refractivity contribution in [2.75, 3.05) is 26.7 Å². The van der Waals surface area contributed by atoms with Crippen molar-refractivity contribution in [1.82, 2.24) is 9.80 Å². The molecule has 1 N–H and O–H groups in total. The van der Waals surface area contributed by atoms with Crippen LogP contribution in [0.2, 0.25) is 0 Å². The molecule has 0 atom stereocenters. The summed E-state index contributed by atoms with van der Waals surface area (Å²) in [5.74, 6) is -0.839. The van der Waals surface area contributed by atoms with E-state index in [0.717, 1.165) is 25.7 Å². The van der Waals surface area contributed by atoms with Crippen molar-refractivity contribution in [3.63, 3.8) is 0 Å². The zero-order valence-electron chi connectivity index (χ0n) is 13.4. The molecule has 6 nitrogen and oxygen atoms in total. The van der Waals surface area contributed by atoms with E-state index < -0.39 is 5.97 Å². The molecule has 21 heavy (non-hydrogen) atoms. The summed E-state index contributed by atoms with van der Waals surface area (Å²) in [4.78, 5) is 26.5. The van der Waals surface area contributed by atoms with E-state index in [4.69, 9.17) is 9.84 Å². The highest BCUT2D eigenvalue weighted by atomic mass is 16.5. The molecule has 1 heterocycles. The fourth-order valence-corrected chi connectivity index (χ4v) is 2.74. The predicted molar refractivity (Wildman–Crippen MR) is 80.3 cm³/mol. The SMILES string of the molecule is CCC(CC)N(C)C(=O)N1CCC(OCCC(=O)O)CC1. The van der Waals surface area contributed by atoms with Gasteiger partial charge in [-0.2, -0.15) is 0 Å². The number of nitrogens with zero attached hydrogens (tertiary/aromatic N) is 2. The highest BCUT2D eigenvalue weighted by molar-refractivity contribution is 5.74. The van der Waals surface area contributed by atoms with Gasteiger partial charge in [0.25, 0.3) is 0 Å². The maximum absolute atomic E-state index is 12.4. The van der Waals surface area contributed by atoms with E-state index in [1.165, 1.54) is 0 Å². The Bertz CT molecular complexity index is 337. The molecule has 1 saturated heterocycles. The molecule has 0 aromatic heterocycles. The molecule has 6 heteroatoms. The van der Waals surface area contributed by atoms with Crippen LogP contribution in [0.25, 0.3) is 0 Å². The van der Waals surface area contributed by atoms with Crippen molar-refractivity contribution in [2.24, 2.45) is 0 Å². The molecule has 1 fully saturated rings. The first-order valence-electron chi connectivity index (χ1n) is 7.84. The third-order valence-corrected chi connectivity index (χ3v) is 4.17. The van der Waals surface area contributed by atoms with Crippen LogP contribution in [-0.4, -0.2) is 65.8 Å². The molecule has 0 aliphatic carbocycles. The molecule has 0 spiro atoms. The quantitative estimate of drug-likeness (QED) is 0.782. The number of piperidine rings is 1. The topological polar surface area (TPSA) is 70.1 Å². The van der Waals surface area contributed by atoms with Crippen molar-refractivity contribution < 1.29 is 19.4 Å². The van der Waals surface area contributed by atoms with Gasteiger partial charge >= 0.3 is 12.0 Å². The van der Waals surface area contributed by atoms with Gasteiger partial charge in [0.05, 0.1) is 19.1 Å². The predicted octanol–water partition coefficient (Wildman–Crippen LogP) is 2.18. The molecule has 0 aromatic rings. The molecule has 0 bridgehead atoms. The Kier molecular flexibility index (Phi) is 7.50. The Hall–Kier alpha value is -1.30. The minimum Gasteiger partial charge on any atom is -0.481 e. The van der Waals surface area contributed by atoms with Gasteiger partial charge in [-0.25, -0.2) is 4.79 Å². The molecular weight excluding hydrogens is 272 g/mol. The third-order valence-electron chi connectivity index (χ3n) is 4.17. The van der Waals surface area contributed by atoms with E-state index in [2.05, 4.69) is 13.8 Å². The molecule has 1 aliphatic rings. The minimum absolute atomic E-state index is 0.0383. The Morgan fingerprint density at radius 1 is 1.29 bits per heavy atom. The minimum atomic E-state index is -0.839. The number of amides is 2. The first-order chi connectivity index (χ1) is 9.99. The molecule has 1 aliphatic heterocycles. The second-order valence-corrected chi connectivity index (χ2v) is 5.56. The molecule has 0 unspecified atom stereocenters. The fraction of sp³-hybridized carbons (Fsp3) is 0.867. The summed E-state index contributed by atoms with van der Waals surface area (Å²) < 4.78 is 5.54. The Morgan fingerprint density at radius 3 is 2.33 bits per heavy atom. The van der Waals surface area contributed by atoms with Crippen LogP contribution in [0.15, 0.2) is 0 Å². The molecular formula is C15H28N2O4. The normalized spacial score (nSPS) is 16.3. The zero-order chi connectivity index (χ0) is 15.8. The number of rotatable bonds is 7. The average Bonchev–Trinajstić information content (AvgIpc) is 2.48. The van der Waals surface area contributed by atoms with E-state index >= 15 is 0 Å². The van der Waals surface area contributed by atoms with Crippen LogP contribution in [-0.2, 0) is 9.53 Å². The molecule has 1 rings (SSSR count). The standard InChI is InChI=1S/C15H28N2O4/c1-4-12(5-2)16(3)15(20)17-9-6-13(7-10-17)21-11-8-14(18)19/h12-13H,4-11H2,1-3H3,(H,18,19). The zero-order valence-corrected chi connectivity index (χ0v) is 13.4. The van der Waals surface area contributed by atoms with Gasteiger partial charge in [-0.15, -0.1) is 0 Å². The van der Waals surface area contributed by atoms with E-state index in [0.29, 0.717) is 19.1 Å². The van der Waals surface area contributed by atoms with Crippen LogP contribution >= 0.6 is 0 Å². The summed E-state index contributed by atoms with van der Waals surface area (Å²) in [6.07, 6.45) is 3.61. The van der Waals surface area contributed by atoms with Crippen LogP contribution in [0.1, 0.15) is 46.0 Å². The largest absolute Gasteiger partial charge is 0.481 e. The second-order valence-electron chi connectivity index (χ2n) is 5.56. The summed E-state index contributed by atoms with van der Waals surface area (Å²) >= 11 is 0. The maximum atomic E-state index is 12.4. The fourth-order valence-electron chi connectivity index (χ4n) is 2.74. The number of likely N-dealkylation sites (tertiary alicyclic amines) is 1. The number of carbonyl (C=O) groups excluding carboxylic acids is 1. The Morgan fingerprint density at radius 2 is 1.86 bits per heavy atom. The number of hydrogen-bond acceptors (Lipinski definition) is 3. The maximum Gasteiger partial charge on any atom is 0.319 e. The van der Waals surface area contributed by atoms with Gasteiger partial charge in [0, 0.05) is 26.2 Å². The van der Waals surface area contributed by atoms with Gasteiger partial charge < -0.3 is 19.6 Å².